The molecule has 0 radical (unpaired) electrons. The largest absolute Gasteiger partial charge is 0.480 e. The second-order valence-corrected chi connectivity index (χ2v) is 4.06. The first-order valence-electron chi connectivity index (χ1n) is 5.06. The molecule has 1 aromatic carbocycles. The summed E-state index contributed by atoms with van der Waals surface area (Å²) >= 11 is 0. The standard InChI is InChI=1S/C11H12N2O2/c14-11(15)10-8-4-2-1-3-7(8)9-5-13(10)6-12-9/h1-4,9-10,12H,5-6H2,(H,14,15). The molecular formula is C11H12N2O2. The molecule has 1 aromatic rings. The van der Waals surface area contributed by atoms with E-state index in [9.17, 15) is 9.90 Å². The Labute approximate surface area is 87.5 Å². The number of benzene rings is 1. The number of carboxylic acids is 1. The van der Waals surface area contributed by atoms with Crippen molar-refractivity contribution in [3.05, 3.63) is 35.4 Å². The quantitative estimate of drug-likeness (QED) is 0.708. The minimum atomic E-state index is -0.760. The summed E-state index contributed by atoms with van der Waals surface area (Å²) in [6, 6.07) is 7.63. The highest BCUT2D eigenvalue weighted by molar-refractivity contribution is 5.77. The zero-order valence-electron chi connectivity index (χ0n) is 8.18. The van der Waals surface area contributed by atoms with Gasteiger partial charge in [0.2, 0.25) is 0 Å². The van der Waals surface area contributed by atoms with Gasteiger partial charge in [-0.3, -0.25) is 15.0 Å². The van der Waals surface area contributed by atoms with Gasteiger partial charge in [-0.25, -0.2) is 0 Å². The predicted octanol–water partition coefficient (Wildman–Crippen LogP) is 0.730. The second kappa shape index (κ2) is 3.05. The van der Waals surface area contributed by atoms with Gasteiger partial charge in [0.15, 0.2) is 0 Å². The number of hydrogen-bond donors (Lipinski definition) is 2. The number of carboxylic acid groups (broad SMARTS) is 1. The lowest BCUT2D eigenvalue weighted by molar-refractivity contribution is -0.143. The molecule has 0 amide bonds. The van der Waals surface area contributed by atoms with Crippen LogP contribution in [0, 0.1) is 0 Å². The molecule has 3 unspecified atom stereocenters. The molecule has 4 heteroatoms. The van der Waals surface area contributed by atoms with Crippen molar-refractivity contribution in [2.24, 2.45) is 0 Å². The third-order valence-electron chi connectivity index (χ3n) is 3.22. The van der Waals surface area contributed by atoms with Crippen molar-refractivity contribution in [1.82, 2.24) is 10.2 Å². The number of fused-ring (bicyclic) bond motifs is 4. The number of nitrogens with one attached hydrogen (secondary N) is 1. The fraction of sp³-hybridized carbons (Fsp3) is 0.364. The minimum Gasteiger partial charge on any atom is -0.480 e. The molecular weight excluding hydrogens is 192 g/mol. The Balaban J connectivity index is 2.15. The van der Waals surface area contributed by atoms with Crippen LogP contribution < -0.4 is 5.32 Å². The van der Waals surface area contributed by atoms with Crippen molar-refractivity contribution in [2.45, 2.75) is 12.1 Å². The summed E-state index contributed by atoms with van der Waals surface area (Å²) in [6.45, 7) is 1.46. The van der Waals surface area contributed by atoms with Crippen LogP contribution in [0.15, 0.2) is 24.3 Å². The predicted molar refractivity (Wildman–Crippen MR) is 54.3 cm³/mol. The van der Waals surface area contributed by atoms with E-state index in [-0.39, 0.29) is 0 Å². The lowest BCUT2D eigenvalue weighted by Crippen LogP contribution is -2.35. The van der Waals surface area contributed by atoms with E-state index in [1.807, 2.05) is 29.2 Å². The molecule has 0 aliphatic carbocycles. The molecule has 2 heterocycles. The molecule has 78 valence electrons. The normalized spacial score (nSPS) is 32.4. The minimum absolute atomic E-state index is 0.303. The van der Waals surface area contributed by atoms with Crippen LogP contribution in [0.1, 0.15) is 23.2 Å². The molecule has 0 saturated carbocycles. The summed E-state index contributed by atoms with van der Waals surface area (Å²) < 4.78 is 0. The lowest BCUT2D eigenvalue weighted by atomic mass is 9.91. The molecule has 15 heavy (non-hydrogen) atoms. The van der Waals surface area contributed by atoms with Crippen LogP contribution in [0.2, 0.25) is 0 Å². The SMILES string of the molecule is O=C(O)C1c2ccccc2C2CN1CN2. The number of rotatable bonds is 1. The molecule has 0 aromatic heterocycles. The summed E-state index contributed by atoms with van der Waals surface area (Å²) in [4.78, 5) is 13.2. The van der Waals surface area contributed by atoms with E-state index in [2.05, 4.69) is 5.32 Å². The third-order valence-corrected chi connectivity index (χ3v) is 3.22. The number of nitrogens with zero attached hydrogens (tertiary/aromatic N) is 1. The average molecular weight is 204 g/mol. The Morgan fingerprint density at radius 2 is 2.13 bits per heavy atom. The van der Waals surface area contributed by atoms with E-state index < -0.39 is 12.0 Å². The summed E-state index contributed by atoms with van der Waals surface area (Å²) in [5, 5.41) is 12.6. The topological polar surface area (TPSA) is 52.6 Å². The molecule has 3 rings (SSSR count). The Bertz CT molecular complexity index is 419. The van der Waals surface area contributed by atoms with Crippen LogP contribution in [0.25, 0.3) is 0 Å². The maximum Gasteiger partial charge on any atom is 0.325 e. The van der Waals surface area contributed by atoms with Crippen LogP contribution in [-0.4, -0.2) is 29.2 Å². The van der Waals surface area contributed by atoms with Gasteiger partial charge in [-0.05, 0) is 11.1 Å². The maximum absolute atomic E-state index is 11.2. The zero-order chi connectivity index (χ0) is 10.4. The van der Waals surface area contributed by atoms with E-state index in [1.54, 1.807) is 0 Å². The Hall–Kier alpha value is -1.39. The Morgan fingerprint density at radius 3 is 2.87 bits per heavy atom. The summed E-state index contributed by atoms with van der Waals surface area (Å²) in [7, 11) is 0. The van der Waals surface area contributed by atoms with E-state index in [0.717, 1.165) is 17.7 Å². The highest BCUT2D eigenvalue weighted by Crippen LogP contribution is 2.37. The molecule has 2 N–H and O–H groups in total. The van der Waals surface area contributed by atoms with Crippen molar-refractivity contribution in [1.29, 1.82) is 0 Å². The van der Waals surface area contributed by atoms with Crippen LogP contribution >= 0.6 is 0 Å². The van der Waals surface area contributed by atoms with Gasteiger partial charge < -0.3 is 5.11 Å². The second-order valence-electron chi connectivity index (χ2n) is 4.06. The summed E-state index contributed by atoms with van der Waals surface area (Å²) in [5.41, 5.74) is 2.07. The molecule has 1 saturated heterocycles. The smallest absolute Gasteiger partial charge is 0.325 e. The zero-order valence-corrected chi connectivity index (χ0v) is 8.18. The van der Waals surface area contributed by atoms with Gasteiger partial charge in [-0.15, -0.1) is 0 Å². The molecule has 2 bridgehead atoms. The van der Waals surface area contributed by atoms with Gasteiger partial charge in [0.1, 0.15) is 6.04 Å². The van der Waals surface area contributed by atoms with E-state index >= 15 is 0 Å². The monoisotopic (exact) mass is 204 g/mol. The number of hydrogen-bond acceptors (Lipinski definition) is 3. The van der Waals surface area contributed by atoms with Crippen molar-refractivity contribution in [3.8, 4) is 0 Å². The van der Waals surface area contributed by atoms with Crippen LogP contribution in [-0.2, 0) is 4.79 Å². The summed E-state index contributed by atoms with van der Waals surface area (Å²) in [5.74, 6) is -0.760. The maximum atomic E-state index is 11.2. The van der Waals surface area contributed by atoms with Crippen molar-refractivity contribution in [3.63, 3.8) is 0 Å². The molecule has 2 aliphatic rings. The van der Waals surface area contributed by atoms with Crippen molar-refractivity contribution < 1.29 is 9.90 Å². The fourth-order valence-electron chi connectivity index (χ4n) is 2.56. The highest BCUT2D eigenvalue weighted by atomic mass is 16.4. The van der Waals surface area contributed by atoms with E-state index in [1.165, 1.54) is 0 Å². The van der Waals surface area contributed by atoms with E-state index in [0.29, 0.717) is 12.7 Å². The lowest BCUT2D eigenvalue weighted by Gasteiger charge is -2.30. The average Bonchev–Trinajstić information content (AvgIpc) is 2.63. The first-order chi connectivity index (χ1) is 7.27. The van der Waals surface area contributed by atoms with Crippen LogP contribution in [0.3, 0.4) is 0 Å². The molecule has 4 nitrogen and oxygen atoms in total. The molecule has 1 fully saturated rings. The fourth-order valence-corrected chi connectivity index (χ4v) is 2.56. The first-order valence-corrected chi connectivity index (χ1v) is 5.06. The molecule has 3 atom stereocenters. The Kier molecular flexibility index (Phi) is 1.81. The number of aliphatic carboxylic acids is 1. The van der Waals surface area contributed by atoms with Gasteiger partial charge in [-0.2, -0.15) is 0 Å². The van der Waals surface area contributed by atoms with Crippen LogP contribution in [0.5, 0.6) is 0 Å². The third kappa shape index (κ3) is 1.19. The van der Waals surface area contributed by atoms with Gasteiger partial charge in [-0.1, -0.05) is 24.3 Å². The van der Waals surface area contributed by atoms with Gasteiger partial charge >= 0.3 is 5.97 Å². The van der Waals surface area contributed by atoms with Crippen LogP contribution in [0.4, 0.5) is 0 Å². The molecule has 0 spiro atoms. The van der Waals surface area contributed by atoms with E-state index in [4.69, 9.17) is 0 Å². The van der Waals surface area contributed by atoms with Gasteiger partial charge in [0.25, 0.3) is 0 Å². The highest BCUT2D eigenvalue weighted by Gasteiger charge is 2.40. The van der Waals surface area contributed by atoms with Crippen molar-refractivity contribution >= 4 is 5.97 Å². The Morgan fingerprint density at radius 1 is 1.40 bits per heavy atom. The van der Waals surface area contributed by atoms with Gasteiger partial charge in [0.05, 0.1) is 0 Å². The van der Waals surface area contributed by atoms with Crippen molar-refractivity contribution in [2.75, 3.05) is 13.2 Å². The number of carbonyl (C=O) groups is 1. The molecule has 2 aliphatic heterocycles. The first kappa shape index (κ1) is 8.88. The van der Waals surface area contributed by atoms with Gasteiger partial charge in [0, 0.05) is 19.3 Å². The summed E-state index contributed by atoms with van der Waals surface area (Å²) in [6.07, 6.45) is 0.